The quantitative estimate of drug-likeness (QED) is 0.778. The topological polar surface area (TPSA) is 35.0 Å². The number of alkyl halides is 1. The van der Waals surface area contributed by atoms with Crippen molar-refractivity contribution in [3.63, 3.8) is 0 Å². The third kappa shape index (κ3) is 1.95. The molecule has 0 spiro atoms. The zero-order valence-corrected chi connectivity index (χ0v) is 10.8. The highest BCUT2D eigenvalue weighted by molar-refractivity contribution is 6.16. The molecule has 0 fully saturated rings. The third-order valence-electron chi connectivity index (χ3n) is 3.16. The number of halogens is 1. The lowest BCUT2D eigenvalue weighted by molar-refractivity contribution is 0.227. The Morgan fingerprint density at radius 1 is 1.39 bits per heavy atom. The van der Waals surface area contributed by atoms with Crippen molar-refractivity contribution in [1.82, 2.24) is 9.97 Å². The fourth-order valence-corrected chi connectivity index (χ4v) is 2.38. The van der Waals surface area contributed by atoms with E-state index >= 15 is 0 Å². The SMILES string of the molecule is Cc1cnc(C2Cc3ccccc3O2)nc1CCl. The minimum Gasteiger partial charge on any atom is -0.482 e. The van der Waals surface area contributed by atoms with Crippen LogP contribution in [0, 0.1) is 6.92 Å². The van der Waals surface area contributed by atoms with Gasteiger partial charge in [0.25, 0.3) is 0 Å². The average Bonchev–Trinajstić information content (AvgIpc) is 2.83. The van der Waals surface area contributed by atoms with E-state index in [2.05, 4.69) is 16.0 Å². The summed E-state index contributed by atoms with van der Waals surface area (Å²) < 4.78 is 5.86. The lowest BCUT2D eigenvalue weighted by Gasteiger charge is -2.10. The minimum absolute atomic E-state index is 0.0926. The first-order valence-electron chi connectivity index (χ1n) is 5.91. The van der Waals surface area contributed by atoms with Crippen LogP contribution < -0.4 is 4.74 Å². The summed E-state index contributed by atoms with van der Waals surface area (Å²) in [6, 6.07) is 8.05. The number of para-hydroxylation sites is 1. The Bertz CT molecular complexity index is 561. The van der Waals surface area contributed by atoms with Crippen molar-refractivity contribution in [3.05, 3.63) is 53.1 Å². The van der Waals surface area contributed by atoms with Crippen molar-refractivity contribution in [3.8, 4) is 5.75 Å². The summed E-state index contributed by atoms with van der Waals surface area (Å²) in [5.41, 5.74) is 3.10. The van der Waals surface area contributed by atoms with Crippen molar-refractivity contribution in [2.45, 2.75) is 25.3 Å². The maximum atomic E-state index is 5.87. The van der Waals surface area contributed by atoms with Gasteiger partial charge in [-0.3, -0.25) is 0 Å². The second-order valence-electron chi connectivity index (χ2n) is 4.41. The number of aromatic nitrogens is 2. The van der Waals surface area contributed by atoms with Crippen LogP contribution in [0.3, 0.4) is 0 Å². The maximum absolute atomic E-state index is 5.87. The number of fused-ring (bicyclic) bond motifs is 1. The van der Waals surface area contributed by atoms with E-state index in [4.69, 9.17) is 16.3 Å². The predicted molar refractivity (Wildman–Crippen MR) is 69.8 cm³/mol. The number of rotatable bonds is 2. The fourth-order valence-electron chi connectivity index (χ4n) is 2.11. The molecule has 2 aromatic rings. The van der Waals surface area contributed by atoms with Gasteiger partial charge in [0.2, 0.25) is 0 Å². The highest BCUT2D eigenvalue weighted by Crippen LogP contribution is 2.35. The Kier molecular flexibility index (Phi) is 2.92. The predicted octanol–water partition coefficient (Wildman–Crippen LogP) is 3.20. The van der Waals surface area contributed by atoms with Gasteiger partial charge in [0.05, 0.1) is 11.6 Å². The van der Waals surface area contributed by atoms with Gasteiger partial charge >= 0.3 is 0 Å². The van der Waals surface area contributed by atoms with Gasteiger partial charge in [-0.1, -0.05) is 18.2 Å². The van der Waals surface area contributed by atoms with E-state index in [-0.39, 0.29) is 6.10 Å². The van der Waals surface area contributed by atoms with Crippen LogP contribution in [0.25, 0.3) is 0 Å². The molecule has 0 amide bonds. The van der Waals surface area contributed by atoms with Crippen LogP contribution in [0.1, 0.15) is 28.7 Å². The molecule has 2 heterocycles. The molecule has 18 heavy (non-hydrogen) atoms. The van der Waals surface area contributed by atoms with E-state index in [1.165, 1.54) is 5.56 Å². The molecule has 3 rings (SSSR count). The Labute approximate surface area is 111 Å². The molecule has 4 heteroatoms. The minimum atomic E-state index is -0.0926. The van der Waals surface area contributed by atoms with Gasteiger partial charge in [-0.2, -0.15) is 0 Å². The molecule has 0 aliphatic carbocycles. The number of hydrogen-bond donors (Lipinski definition) is 0. The summed E-state index contributed by atoms with van der Waals surface area (Å²) in [6.07, 6.45) is 2.54. The van der Waals surface area contributed by atoms with E-state index < -0.39 is 0 Å². The molecule has 0 N–H and O–H groups in total. The van der Waals surface area contributed by atoms with Crippen molar-refractivity contribution in [1.29, 1.82) is 0 Å². The van der Waals surface area contributed by atoms with Crippen LogP contribution >= 0.6 is 11.6 Å². The van der Waals surface area contributed by atoms with E-state index in [1.807, 2.05) is 31.3 Å². The smallest absolute Gasteiger partial charge is 0.169 e. The second-order valence-corrected chi connectivity index (χ2v) is 4.68. The molecule has 0 saturated carbocycles. The molecule has 1 aromatic heterocycles. The zero-order chi connectivity index (χ0) is 12.5. The second kappa shape index (κ2) is 4.58. The van der Waals surface area contributed by atoms with Gasteiger partial charge in [0.1, 0.15) is 5.75 Å². The van der Waals surface area contributed by atoms with E-state index in [1.54, 1.807) is 0 Å². The van der Waals surface area contributed by atoms with Crippen LogP contribution in [0.15, 0.2) is 30.5 Å². The lowest BCUT2D eigenvalue weighted by Crippen LogP contribution is -2.10. The van der Waals surface area contributed by atoms with Gasteiger partial charge < -0.3 is 4.74 Å². The number of ether oxygens (including phenoxy) is 1. The Morgan fingerprint density at radius 2 is 2.22 bits per heavy atom. The summed E-state index contributed by atoms with van der Waals surface area (Å²) >= 11 is 5.87. The van der Waals surface area contributed by atoms with Gasteiger partial charge in [0.15, 0.2) is 11.9 Å². The van der Waals surface area contributed by atoms with Gasteiger partial charge in [-0.05, 0) is 24.1 Å². The van der Waals surface area contributed by atoms with Gasteiger partial charge in [-0.25, -0.2) is 9.97 Å². The first-order chi connectivity index (χ1) is 8.78. The van der Waals surface area contributed by atoms with E-state index in [0.29, 0.717) is 11.7 Å². The van der Waals surface area contributed by atoms with Crippen LogP contribution in [-0.4, -0.2) is 9.97 Å². The number of aryl methyl sites for hydroxylation is 1. The summed E-state index contributed by atoms with van der Waals surface area (Å²) in [5, 5.41) is 0. The number of hydrogen-bond acceptors (Lipinski definition) is 3. The average molecular weight is 261 g/mol. The molecule has 0 bridgehead atoms. The van der Waals surface area contributed by atoms with Crippen LogP contribution in [0.4, 0.5) is 0 Å². The molecular formula is C14H13ClN2O. The van der Waals surface area contributed by atoms with Crippen molar-refractivity contribution >= 4 is 11.6 Å². The van der Waals surface area contributed by atoms with Crippen molar-refractivity contribution < 1.29 is 4.74 Å². The van der Waals surface area contributed by atoms with E-state index in [9.17, 15) is 0 Å². The first kappa shape index (κ1) is 11.5. The Hall–Kier alpha value is -1.61. The summed E-state index contributed by atoms with van der Waals surface area (Å²) in [5.74, 6) is 2.05. The molecule has 1 aliphatic heterocycles. The fraction of sp³-hybridized carbons (Fsp3) is 0.286. The standard InChI is InChI=1S/C14H13ClN2O/c1-9-8-16-14(17-11(9)7-15)13-6-10-4-2-3-5-12(10)18-13/h2-5,8,13H,6-7H2,1H3. The van der Waals surface area contributed by atoms with Crippen LogP contribution in [-0.2, 0) is 12.3 Å². The summed E-state index contributed by atoms with van der Waals surface area (Å²) in [4.78, 5) is 8.84. The third-order valence-corrected chi connectivity index (χ3v) is 3.41. The van der Waals surface area contributed by atoms with E-state index in [0.717, 1.165) is 23.4 Å². The Morgan fingerprint density at radius 3 is 3.00 bits per heavy atom. The molecule has 1 atom stereocenters. The molecule has 3 nitrogen and oxygen atoms in total. The maximum Gasteiger partial charge on any atom is 0.169 e. The molecule has 1 aromatic carbocycles. The molecule has 1 unspecified atom stereocenters. The summed E-state index contributed by atoms with van der Waals surface area (Å²) in [7, 11) is 0. The van der Waals surface area contributed by atoms with Gasteiger partial charge in [0, 0.05) is 12.6 Å². The van der Waals surface area contributed by atoms with Crippen molar-refractivity contribution in [2.24, 2.45) is 0 Å². The molecular weight excluding hydrogens is 248 g/mol. The highest BCUT2D eigenvalue weighted by Gasteiger charge is 2.26. The monoisotopic (exact) mass is 260 g/mol. The normalized spacial score (nSPS) is 17.3. The van der Waals surface area contributed by atoms with Crippen LogP contribution in [0.2, 0.25) is 0 Å². The van der Waals surface area contributed by atoms with Crippen molar-refractivity contribution in [2.75, 3.05) is 0 Å². The zero-order valence-electron chi connectivity index (χ0n) is 10.1. The lowest BCUT2D eigenvalue weighted by atomic mass is 10.1. The molecule has 0 radical (unpaired) electrons. The molecule has 1 aliphatic rings. The Balaban J connectivity index is 1.90. The number of benzene rings is 1. The first-order valence-corrected chi connectivity index (χ1v) is 6.44. The molecule has 92 valence electrons. The van der Waals surface area contributed by atoms with Gasteiger partial charge in [-0.15, -0.1) is 11.6 Å². The molecule has 0 saturated heterocycles. The summed E-state index contributed by atoms with van der Waals surface area (Å²) in [6.45, 7) is 1.96. The highest BCUT2D eigenvalue weighted by atomic mass is 35.5. The largest absolute Gasteiger partial charge is 0.482 e. The van der Waals surface area contributed by atoms with Crippen LogP contribution in [0.5, 0.6) is 5.75 Å². The number of nitrogens with zero attached hydrogens (tertiary/aromatic N) is 2.